The maximum absolute atomic E-state index is 12.1. The molecule has 1 amide bonds. The van der Waals surface area contributed by atoms with Crippen LogP contribution in [0.25, 0.3) is 0 Å². The van der Waals surface area contributed by atoms with Crippen LogP contribution >= 0.6 is 15.9 Å². The molecule has 6 nitrogen and oxygen atoms in total. The Bertz CT molecular complexity index is 686. The Morgan fingerprint density at radius 3 is 2.52 bits per heavy atom. The van der Waals surface area contributed by atoms with E-state index in [-0.39, 0.29) is 23.5 Å². The number of halogens is 1. The van der Waals surface area contributed by atoms with E-state index < -0.39 is 10.8 Å². The fourth-order valence-electron chi connectivity index (χ4n) is 1.69. The van der Waals surface area contributed by atoms with Crippen molar-refractivity contribution >= 4 is 27.5 Å². The molecule has 0 aliphatic carbocycles. The molecule has 0 aromatic heterocycles. The summed E-state index contributed by atoms with van der Waals surface area (Å²) in [6.07, 6.45) is 0. The van der Waals surface area contributed by atoms with Crippen LogP contribution in [0.1, 0.15) is 15.9 Å². The van der Waals surface area contributed by atoms with E-state index in [9.17, 15) is 20.0 Å². The molecule has 0 unspecified atom stereocenters. The van der Waals surface area contributed by atoms with Crippen molar-refractivity contribution in [3.8, 4) is 5.75 Å². The molecule has 2 N–H and O–H groups in total. The second-order valence-corrected chi connectivity index (χ2v) is 5.12. The molecule has 108 valence electrons. The summed E-state index contributed by atoms with van der Waals surface area (Å²) in [4.78, 5) is 22.2. The van der Waals surface area contributed by atoms with Crippen molar-refractivity contribution in [1.82, 2.24) is 5.32 Å². The van der Waals surface area contributed by atoms with E-state index in [0.29, 0.717) is 4.47 Å². The fourth-order valence-corrected chi connectivity index (χ4v) is 2.12. The number of nitro groups is 1. The molecule has 0 aliphatic rings. The molecule has 0 spiro atoms. The van der Waals surface area contributed by atoms with Gasteiger partial charge in [0.2, 0.25) is 0 Å². The summed E-state index contributed by atoms with van der Waals surface area (Å²) in [7, 11) is 0. The number of phenols is 1. The lowest BCUT2D eigenvalue weighted by Gasteiger charge is -2.07. The predicted octanol–water partition coefficient (Wildman–Crippen LogP) is 2.99. The molecule has 0 radical (unpaired) electrons. The molecule has 2 aromatic carbocycles. The maximum Gasteiger partial charge on any atom is 0.270 e. The van der Waals surface area contributed by atoms with Crippen LogP contribution in [0.3, 0.4) is 0 Å². The topological polar surface area (TPSA) is 92.5 Å². The molecule has 2 aromatic rings. The average molecular weight is 351 g/mol. The number of aromatic hydroxyl groups is 1. The lowest BCUT2D eigenvalue weighted by Crippen LogP contribution is -2.23. The fraction of sp³-hybridized carbons (Fsp3) is 0.0714. The molecule has 0 saturated heterocycles. The van der Waals surface area contributed by atoms with E-state index >= 15 is 0 Å². The number of nitro benzene ring substituents is 1. The molecule has 0 heterocycles. The highest BCUT2D eigenvalue weighted by Gasteiger charge is 2.15. The number of amides is 1. The lowest BCUT2D eigenvalue weighted by molar-refractivity contribution is -0.384. The number of hydrogen-bond acceptors (Lipinski definition) is 4. The minimum atomic E-state index is -0.552. The third-order valence-electron chi connectivity index (χ3n) is 2.79. The number of benzene rings is 2. The maximum atomic E-state index is 12.1. The molecule has 0 atom stereocenters. The van der Waals surface area contributed by atoms with Crippen LogP contribution in [-0.4, -0.2) is 15.9 Å². The van der Waals surface area contributed by atoms with Crippen molar-refractivity contribution in [2.24, 2.45) is 0 Å². The van der Waals surface area contributed by atoms with Gasteiger partial charge in [0.15, 0.2) is 0 Å². The van der Waals surface area contributed by atoms with Gasteiger partial charge in [-0.05, 0) is 39.7 Å². The molecule has 0 fully saturated rings. The normalized spacial score (nSPS) is 10.1. The molecule has 0 aliphatic heterocycles. The first-order chi connectivity index (χ1) is 9.97. The molecule has 0 saturated carbocycles. The smallest absolute Gasteiger partial charge is 0.270 e. The zero-order valence-corrected chi connectivity index (χ0v) is 12.3. The average Bonchev–Trinajstić information content (AvgIpc) is 2.46. The van der Waals surface area contributed by atoms with Gasteiger partial charge in [-0.25, -0.2) is 0 Å². The Hall–Kier alpha value is -2.41. The minimum Gasteiger partial charge on any atom is -0.508 e. The van der Waals surface area contributed by atoms with E-state index in [1.54, 1.807) is 12.1 Å². The van der Waals surface area contributed by atoms with Crippen LogP contribution in [-0.2, 0) is 6.54 Å². The first-order valence-electron chi connectivity index (χ1n) is 5.97. The van der Waals surface area contributed by atoms with Gasteiger partial charge in [-0.1, -0.05) is 12.1 Å². The van der Waals surface area contributed by atoms with E-state index in [4.69, 9.17) is 0 Å². The van der Waals surface area contributed by atoms with Gasteiger partial charge >= 0.3 is 0 Å². The van der Waals surface area contributed by atoms with Gasteiger partial charge in [-0.15, -0.1) is 0 Å². The van der Waals surface area contributed by atoms with Crippen molar-refractivity contribution < 1.29 is 14.8 Å². The van der Waals surface area contributed by atoms with E-state index in [1.165, 1.54) is 30.3 Å². The van der Waals surface area contributed by atoms with Crippen molar-refractivity contribution in [1.29, 1.82) is 0 Å². The monoisotopic (exact) mass is 350 g/mol. The second-order valence-electron chi connectivity index (χ2n) is 4.27. The van der Waals surface area contributed by atoms with Crippen molar-refractivity contribution in [2.75, 3.05) is 0 Å². The summed E-state index contributed by atoms with van der Waals surface area (Å²) >= 11 is 3.20. The van der Waals surface area contributed by atoms with Crippen LogP contribution in [0, 0.1) is 10.1 Å². The van der Waals surface area contributed by atoms with Crippen molar-refractivity contribution in [3.63, 3.8) is 0 Å². The first-order valence-corrected chi connectivity index (χ1v) is 6.76. The van der Waals surface area contributed by atoms with Crippen molar-refractivity contribution in [3.05, 3.63) is 68.2 Å². The lowest BCUT2D eigenvalue weighted by atomic mass is 10.1. The highest BCUT2D eigenvalue weighted by molar-refractivity contribution is 9.10. The molecule has 21 heavy (non-hydrogen) atoms. The number of carbonyl (C=O) groups excluding carboxylic acids is 1. The molecule has 2 rings (SSSR count). The highest BCUT2D eigenvalue weighted by atomic mass is 79.9. The van der Waals surface area contributed by atoms with E-state index in [0.717, 1.165) is 5.56 Å². The number of nitrogens with one attached hydrogen (secondary N) is 1. The van der Waals surface area contributed by atoms with E-state index in [2.05, 4.69) is 21.2 Å². The zero-order valence-electron chi connectivity index (χ0n) is 10.7. The van der Waals surface area contributed by atoms with E-state index in [1.807, 2.05) is 0 Å². The predicted molar refractivity (Wildman–Crippen MR) is 80.1 cm³/mol. The Labute approximate surface area is 128 Å². The largest absolute Gasteiger partial charge is 0.508 e. The van der Waals surface area contributed by atoms with Crippen molar-refractivity contribution in [2.45, 2.75) is 6.54 Å². The summed E-state index contributed by atoms with van der Waals surface area (Å²) < 4.78 is 0.483. The number of nitrogens with zero attached hydrogens (tertiary/aromatic N) is 1. The summed E-state index contributed by atoms with van der Waals surface area (Å²) in [6.45, 7) is 0.258. The summed E-state index contributed by atoms with van der Waals surface area (Å²) in [5.74, 6) is -0.273. The Morgan fingerprint density at radius 1 is 1.24 bits per heavy atom. The van der Waals surface area contributed by atoms with Crippen LogP contribution in [0.2, 0.25) is 0 Å². The van der Waals surface area contributed by atoms with Gasteiger partial charge in [-0.3, -0.25) is 14.9 Å². The summed E-state index contributed by atoms with van der Waals surface area (Å²) in [6, 6.07) is 10.4. The minimum absolute atomic E-state index is 0.145. The van der Waals surface area contributed by atoms with Gasteiger partial charge in [0.1, 0.15) is 5.75 Å². The number of phenolic OH excluding ortho intramolecular Hbond substituents is 1. The summed E-state index contributed by atoms with van der Waals surface area (Å²) in [5.41, 5.74) is 0.860. The van der Waals surface area contributed by atoms with Crippen LogP contribution in [0.4, 0.5) is 5.69 Å². The number of hydrogen-bond donors (Lipinski definition) is 2. The van der Waals surface area contributed by atoms with Gasteiger partial charge in [-0.2, -0.15) is 0 Å². The Kier molecular flexibility index (Phi) is 4.54. The van der Waals surface area contributed by atoms with Gasteiger partial charge in [0.05, 0.1) is 10.5 Å². The molecule has 0 bridgehead atoms. The third-order valence-corrected chi connectivity index (χ3v) is 3.49. The molecule has 7 heteroatoms. The Balaban J connectivity index is 2.11. The third kappa shape index (κ3) is 3.79. The Morgan fingerprint density at radius 2 is 1.90 bits per heavy atom. The number of rotatable bonds is 4. The van der Waals surface area contributed by atoms with Crippen LogP contribution in [0.15, 0.2) is 46.9 Å². The quantitative estimate of drug-likeness (QED) is 0.654. The van der Waals surface area contributed by atoms with Gasteiger partial charge in [0, 0.05) is 23.2 Å². The standard InChI is InChI=1S/C14H11BrN2O4/c15-13-6-3-10(17(20)21)7-12(13)14(19)16-8-9-1-4-11(18)5-2-9/h1-7,18H,8H2,(H,16,19). The SMILES string of the molecule is O=C(NCc1ccc(O)cc1)c1cc([N+](=O)[O-])ccc1Br. The first kappa shape index (κ1) is 15.0. The molecular formula is C14H11BrN2O4. The molecular weight excluding hydrogens is 340 g/mol. The number of carbonyl (C=O) groups is 1. The highest BCUT2D eigenvalue weighted by Crippen LogP contribution is 2.22. The zero-order chi connectivity index (χ0) is 15.4. The summed E-state index contributed by atoms with van der Waals surface area (Å²) in [5, 5.41) is 22.6. The number of non-ortho nitro benzene ring substituents is 1. The van der Waals surface area contributed by atoms with Crippen LogP contribution < -0.4 is 5.32 Å². The van der Waals surface area contributed by atoms with Gasteiger partial charge in [0.25, 0.3) is 11.6 Å². The van der Waals surface area contributed by atoms with Gasteiger partial charge < -0.3 is 10.4 Å². The second kappa shape index (κ2) is 6.36. The van der Waals surface area contributed by atoms with Crippen LogP contribution in [0.5, 0.6) is 5.75 Å².